The number of thioether (sulfide) groups is 1. The Hall–Kier alpha value is -0.510. The van der Waals surface area contributed by atoms with Gasteiger partial charge in [-0.2, -0.15) is 16.7 Å². The van der Waals surface area contributed by atoms with Gasteiger partial charge in [-0.15, -0.1) is 24.0 Å². The molecule has 6 nitrogen and oxygen atoms in total. The van der Waals surface area contributed by atoms with Crippen molar-refractivity contribution in [2.24, 2.45) is 4.99 Å². The van der Waals surface area contributed by atoms with Gasteiger partial charge in [-0.1, -0.05) is 32.3 Å². The maximum atomic E-state index is 5.33. The molecule has 2 atom stereocenters. The average Bonchev–Trinajstić information content (AvgIpc) is 3.02. The summed E-state index contributed by atoms with van der Waals surface area (Å²) in [6.07, 6.45) is 7.21. The molecule has 1 aliphatic rings. The van der Waals surface area contributed by atoms with Gasteiger partial charge in [-0.3, -0.25) is 0 Å². The number of nitrogens with one attached hydrogen (secondary N) is 2. The summed E-state index contributed by atoms with van der Waals surface area (Å²) in [4.78, 5) is 9.07. The Balaban J connectivity index is 0.00000312. The van der Waals surface area contributed by atoms with E-state index in [-0.39, 0.29) is 29.4 Å². The zero-order valence-corrected chi connectivity index (χ0v) is 19.1. The van der Waals surface area contributed by atoms with Crippen LogP contribution in [-0.2, 0) is 12.0 Å². The third-order valence-corrected chi connectivity index (χ3v) is 5.23. The summed E-state index contributed by atoms with van der Waals surface area (Å²) in [5.74, 6) is 2.12. The summed E-state index contributed by atoms with van der Waals surface area (Å²) in [5, 5.41) is 11.7. The number of aromatic nitrogens is 2. The number of hydrogen-bond donors (Lipinski definition) is 2. The third kappa shape index (κ3) is 7.32. The van der Waals surface area contributed by atoms with Gasteiger partial charge in [0.2, 0.25) is 5.89 Å². The van der Waals surface area contributed by atoms with E-state index in [4.69, 9.17) is 4.52 Å². The van der Waals surface area contributed by atoms with Crippen LogP contribution in [0.25, 0.3) is 0 Å². The summed E-state index contributed by atoms with van der Waals surface area (Å²) in [7, 11) is 0. The molecular weight excluding hydrogens is 449 g/mol. The molecule has 0 aromatic carbocycles. The van der Waals surface area contributed by atoms with E-state index < -0.39 is 0 Å². The zero-order valence-electron chi connectivity index (χ0n) is 16.0. The number of nitrogens with zero attached hydrogens (tertiary/aromatic N) is 3. The fourth-order valence-corrected chi connectivity index (χ4v) is 3.60. The van der Waals surface area contributed by atoms with Gasteiger partial charge in [-0.05, 0) is 32.4 Å². The predicted molar refractivity (Wildman–Crippen MR) is 116 cm³/mol. The lowest BCUT2D eigenvalue weighted by Gasteiger charge is -2.29. The van der Waals surface area contributed by atoms with Crippen molar-refractivity contribution < 1.29 is 4.52 Å². The Morgan fingerprint density at radius 3 is 2.72 bits per heavy atom. The zero-order chi connectivity index (χ0) is 17.6. The molecule has 1 saturated carbocycles. The van der Waals surface area contributed by atoms with Gasteiger partial charge in [-0.25, -0.2) is 4.99 Å². The van der Waals surface area contributed by atoms with Crippen molar-refractivity contribution in [1.29, 1.82) is 0 Å². The molecule has 2 N–H and O–H groups in total. The number of halogens is 1. The minimum atomic E-state index is -0.132. The van der Waals surface area contributed by atoms with E-state index in [1.807, 2.05) is 11.8 Å². The van der Waals surface area contributed by atoms with Crippen molar-refractivity contribution in [3.05, 3.63) is 11.7 Å². The van der Waals surface area contributed by atoms with Crippen LogP contribution in [0.1, 0.15) is 65.1 Å². The maximum absolute atomic E-state index is 5.33. The fourth-order valence-electron chi connectivity index (χ4n) is 2.78. The Morgan fingerprint density at radius 1 is 1.36 bits per heavy atom. The van der Waals surface area contributed by atoms with Crippen LogP contribution in [0.5, 0.6) is 0 Å². The summed E-state index contributed by atoms with van der Waals surface area (Å²) in [6, 6.07) is 0.490. The molecule has 1 heterocycles. The standard InChI is InChI=1S/C17H31N5OS.HI/c1-6-18-16(20-12-8-7-9-13(10-12)24-5)19-11-14-21-15(23-22-14)17(2,3)4;/h12-13H,6-11H2,1-5H3,(H2,18,19,20);1H. The van der Waals surface area contributed by atoms with E-state index in [1.54, 1.807) is 0 Å². The molecule has 0 spiro atoms. The van der Waals surface area contributed by atoms with E-state index in [1.165, 1.54) is 25.7 Å². The monoisotopic (exact) mass is 481 g/mol. The van der Waals surface area contributed by atoms with Gasteiger partial charge in [0.15, 0.2) is 11.8 Å². The van der Waals surface area contributed by atoms with Crippen LogP contribution in [0.2, 0.25) is 0 Å². The first kappa shape index (κ1) is 22.5. The summed E-state index contributed by atoms with van der Waals surface area (Å²) >= 11 is 1.97. The molecule has 1 aliphatic carbocycles. The molecule has 1 fully saturated rings. The van der Waals surface area contributed by atoms with E-state index >= 15 is 0 Å². The largest absolute Gasteiger partial charge is 0.357 e. The molecule has 0 bridgehead atoms. The van der Waals surface area contributed by atoms with Crippen LogP contribution in [-0.4, -0.2) is 40.2 Å². The highest BCUT2D eigenvalue weighted by Gasteiger charge is 2.23. The summed E-state index contributed by atoms with van der Waals surface area (Å²) in [6.45, 7) is 9.52. The maximum Gasteiger partial charge on any atom is 0.232 e. The Kier molecular flexibility index (Phi) is 9.55. The average molecular weight is 481 g/mol. The Bertz CT molecular complexity index is 543. The van der Waals surface area contributed by atoms with Crippen molar-refractivity contribution in [2.45, 2.75) is 76.6 Å². The molecule has 25 heavy (non-hydrogen) atoms. The molecule has 0 amide bonds. The molecule has 1 aromatic rings. The number of aliphatic imine (C=N–C) groups is 1. The molecule has 2 rings (SSSR count). The van der Waals surface area contributed by atoms with Gasteiger partial charge in [0.1, 0.15) is 6.54 Å². The topological polar surface area (TPSA) is 75.3 Å². The Labute approximate surface area is 172 Å². The summed E-state index contributed by atoms with van der Waals surface area (Å²) < 4.78 is 5.33. The highest BCUT2D eigenvalue weighted by molar-refractivity contribution is 14.0. The minimum absolute atomic E-state index is 0. The number of guanidine groups is 1. The Morgan fingerprint density at radius 2 is 2.12 bits per heavy atom. The highest BCUT2D eigenvalue weighted by atomic mass is 127. The normalized spacial score (nSPS) is 21.6. The van der Waals surface area contributed by atoms with Crippen LogP contribution < -0.4 is 10.6 Å². The van der Waals surface area contributed by atoms with Gasteiger partial charge >= 0.3 is 0 Å². The summed E-state index contributed by atoms with van der Waals surface area (Å²) in [5.41, 5.74) is -0.132. The second-order valence-corrected chi connectivity index (χ2v) is 8.46. The van der Waals surface area contributed by atoms with Crippen molar-refractivity contribution >= 4 is 41.7 Å². The van der Waals surface area contributed by atoms with Crippen LogP contribution >= 0.6 is 35.7 Å². The minimum Gasteiger partial charge on any atom is -0.357 e. The smallest absolute Gasteiger partial charge is 0.232 e. The molecule has 144 valence electrons. The lowest BCUT2D eigenvalue weighted by molar-refractivity contribution is 0.318. The van der Waals surface area contributed by atoms with Gasteiger partial charge in [0.25, 0.3) is 0 Å². The lowest BCUT2D eigenvalue weighted by atomic mass is 9.95. The fraction of sp³-hybridized carbons (Fsp3) is 0.824. The lowest BCUT2D eigenvalue weighted by Crippen LogP contribution is -2.45. The van der Waals surface area contributed by atoms with Gasteiger partial charge in [0, 0.05) is 23.3 Å². The van der Waals surface area contributed by atoms with Crippen LogP contribution in [0.15, 0.2) is 9.52 Å². The highest BCUT2D eigenvalue weighted by Crippen LogP contribution is 2.26. The quantitative estimate of drug-likeness (QED) is 0.380. The molecule has 0 radical (unpaired) electrons. The van der Waals surface area contributed by atoms with Crippen LogP contribution in [0.4, 0.5) is 0 Å². The predicted octanol–water partition coefficient (Wildman–Crippen LogP) is 3.71. The van der Waals surface area contributed by atoms with Crippen molar-refractivity contribution in [3.63, 3.8) is 0 Å². The van der Waals surface area contributed by atoms with Crippen molar-refractivity contribution in [3.8, 4) is 0 Å². The molecular formula is C17H32IN5OS. The van der Waals surface area contributed by atoms with E-state index in [2.05, 4.69) is 59.7 Å². The van der Waals surface area contributed by atoms with Crippen LogP contribution in [0.3, 0.4) is 0 Å². The number of rotatable bonds is 5. The van der Waals surface area contributed by atoms with E-state index in [0.29, 0.717) is 24.3 Å². The second-order valence-electron chi connectivity index (χ2n) is 7.33. The van der Waals surface area contributed by atoms with E-state index in [9.17, 15) is 0 Å². The van der Waals surface area contributed by atoms with Crippen molar-refractivity contribution in [1.82, 2.24) is 20.8 Å². The molecule has 1 aromatic heterocycles. The first-order chi connectivity index (χ1) is 11.4. The molecule has 8 heteroatoms. The first-order valence-corrected chi connectivity index (χ1v) is 10.1. The third-order valence-electron chi connectivity index (χ3n) is 4.13. The first-order valence-electron chi connectivity index (χ1n) is 8.83. The SMILES string of the molecule is CCNC(=NCc1noc(C(C)(C)C)n1)NC1CCCC(SC)C1.I. The van der Waals surface area contributed by atoms with E-state index in [0.717, 1.165) is 17.8 Å². The number of hydrogen-bond acceptors (Lipinski definition) is 5. The van der Waals surface area contributed by atoms with Crippen LogP contribution in [0, 0.1) is 0 Å². The van der Waals surface area contributed by atoms with Crippen molar-refractivity contribution in [2.75, 3.05) is 12.8 Å². The molecule has 0 aliphatic heterocycles. The van der Waals surface area contributed by atoms with Gasteiger partial charge in [0.05, 0.1) is 0 Å². The molecule has 2 unspecified atom stereocenters. The van der Waals surface area contributed by atoms with Gasteiger partial charge < -0.3 is 15.2 Å². The second kappa shape index (κ2) is 10.6. The molecule has 0 saturated heterocycles.